The van der Waals surface area contributed by atoms with Crippen LogP contribution in [-0.4, -0.2) is 29.2 Å². The van der Waals surface area contributed by atoms with E-state index in [0.29, 0.717) is 11.3 Å². The molecule has 0 radical (unpaired) electrons. The van der Waals surface area contributed by atoms with Gasteiger partial charge in [-0.1, -0.05) is 5.16 Å². The van der Waals surface area contributed by atoms with Crippen LogP contribution < -0.4 is 5.32 Å². The summed E-state index contributed by atoms with van der Waals surface area (Å²) >= 11 is 0. The van der Waals surface area contributed by atoms with Gasteiger partial charge < -0.3 is 14.6 Å². The molecule has 1 rings (SSSR count). The molecule has 0 unspecified atom stereocenters. The lowest BCUT2D eigenvalue weighted by Crippen LogP contribution is -2.35. The maximum absolute atomic E-state index is 11.6. The van der Waals surface area contributed by atoms with Crippen molar-refractivity contribution in [3.05, 3.63) is 17.5 Å². The van der Waals surface area contributed by atoms with Gasteiger partial charge in [0.25, 0.3) is 0 Å². The number of aryl methyl sites for hydroxylation is 1. The summed E-state index contributed by atoms with van der Waals surface area (Å²) in [5, 5.41) is 5.96. The lowest BCUT2D eigenvalue weighted by Gasteiger charge is -2.19. The molecule has 0 atom stereocenters. The number of aromatic nitrogens is 1. The SMILES string of the molecule is Cc1nocc1C(=O)CNC(=O)OC(C)(C)C. The second-order valence-corrected chi connectivity index (χ2v) is 4.59. The van der Waals surface area contributed by atoms with Crippen LogP contribution in [0.25, 0.3) is 0 Å². The fourth-order valence-electron chi connectivity index (χ4n) is 1.12. The summed E-state index contributed by atoms with van der Waals surface area (Å²) in [6.07, 6.45) is 0.633. The number of Topliss-reactive ketones (excluding diaryl/α,β-unsaturated/α-hetero) is 1. The quantitative estimate of drug-likeness (QED) is 0.813. The van der Waals surface area contributed by atoms with Crippen LogP contribution in [0.1, 0.15) is 36.8 Å². The van der Waals surface area contributed by atoms with Crippen molar-refractivity contribution in [2.75, 3.05) is 6.54 Å². The first-order chi connectivity index (χ1) is 7.79. The summed E-state index contributed by atoms with van der Waals surface area (Å²) in [5.74, 6) is -0.269. The van der Waals surface area contributed by atoms with Crippen LogP contribution in [0.3, 0.4) is 0 Å². The summed E-state index contributed by atoms with van der Waals surface area (Å²) in [5.41, 5.74) is 0.280. The van der Waals surface area contributed by atoms with Gasteiger partial charge in [0.15, 0.2) is 5.78 Å². The summed E-state index contributed by atoms with van der Waals surface area (Å²) in [6, 6.07) is 0. The Morgan fingerprint density at radius 3 is 2.59 bits per heavy atom. The zero-order chi connectivity index (χ0) is 13.1. The van der Waals surface area contributed by atoms with Gasteiger partial charge in [-0.2, -0.15) is 0 Å². The van der Waals surface area contributed by atoms with Crippen LogP contribution in [0, 0.1) is 6.92 Å². The first kappa shape index (κ1) is 13.2. The number of amides is 1. The van der Waals surface area contributed by atoms with Gasteiger partial charge in [-0.05, 0) is 27.7 Å². The molecule has 94 valence electrons. The van der Waals surface area contributed by atoms with E-state index in [1.54, 1.807) is 27.7 Å². The maximum atomic E-state index is 11.6. The van der Waals surface area contributed by atoms with Crippen molar-refractivity contribution in [3.8, 4) is 0 Å². The molecule has 0 saturated carbocycles. The third-order valence-corrected chi connectivity index (χ3v) is 1.84. The van der Waals surface area contributed by atoms with Crippen molar-refractivity contribution in [2.24, 2.45) is 0 Å². The number of alkyl carbamates (subject to hydrolysis) is 1. The topological polar surface area (TPSA) is 81.4 Å². The Hall–Kier alpha value is -1.85. The molecule has 0 aliphatic carbocycles. The molecule has 0 saturated heterocycles. The van der Waals surface area contributed by atoms with Crippen molar-refractivity contribution in [3.63, 3.8) is 0 Å². The first-order valence-corrected chi connectivity index (χ1v) is 5.20. The minimum Gasteiger partial charge on any atom is -0.444 e. The number of hydrogen-bond acceptors (Lipinski definition) is 5. The van der Waals surface area contributed by atoms with Crippen LogP contribution >= 0.6 is 0 Å². The normalized spacial score (nSPS) is 11.1. The maximum Gasteiger partial charge on any atom is 0.408 e. The van der Waals surface area contributed by atoms with Crippen molar-refractivity contribution in [1.82, 2.24) is 10.5 Å². The van der Waals surface area contributed by atoms with Crippen LogP contribution in [0.15, 0.2) is 10.8 Å². The molecule has 0 aliphatic heterocycles. The molecule has 6 heteroatoms. The summed E-state index contributed by atoms with van der Waals surface area (Å²) in [4.78, 5) is 22.9. The number of rotatable bonds is 3. The Bertz CT molecular complexity index is 417. The number of carbonyl (C=O) groups excluding carboxylic acids is 2. The monoisotopic (exact) mass is 240 g/mol. The molecule has 1 amide bonds. The number of nitrogens with one attached hydrogen (secondary N) is 1. The Balaban J connectivity index is 2.45. The Morgan fingerprint density at radius 1 is 1.47 bits per heavy atom. The van der Waals surface area contributed by atoms with Crippen LogP contribution in [0.4, 0.5) is 4.79 Å². The predicted molar refractivity (Wildman–Crippen MR) is 59.8 cm³/mol. The van der Waals surface area contributed by atoms with E-state index in [9.17, 15) is 9.59 Å². The molecule has 1 heterocycles. The Kier molecular flexibility index (Phi) is 3.88. The minimum atomic E-state index is -0.625. The van der Waals surface area contributed by atoms with E-state index < -0.39 is 11.7 Å². The molecule has 0 bridgehead atoms. The van der Waals surface area contributed by atoms with Gasteiger partial charge in [0, 0.05) is 0 Å². The third kappa shape index (κ3) is 4.26. The van der Waals surface area contributed by atoms with E-state index in [1.165, 1.54) is 6.26 Å². The zero-order valence-corrected chi connectivity index (χ0v) is 10.4. The van der Waals surface area contributed by atoms with Crippen molar-refractivity contribution >= 4 is 11.9 Å². The molecule has 1 N–H and O–H groups in total. The molecule has 17 heavy (non-hydrogen) atoms. The second-order valence-electron chi connectivity index (χ2n) is 4.59. The number of ketones is 1. The van der Waals surface area contributed by atoms with Gasteiger partial charge in [0.05, 0.1) is 17.8 Å². The highest BCUT2D eigenvalue weighted by molar-refractivity contribution is 5.99. The molecular weight excluding hydrogens is 224 g/mol. The number of hydrogen-bond donors (Lipinski definition) is 1. The number of ether oxygens (including phenoxy) is 1. The molecule has 0 spiro atoms. The average Bonchev–Trinajstić information content (AvgIpc) is 2.58. The molecular formula is C11H16N2O4. The molecule has 0 aliphatic rings. The van der Waals surface area contributed by atoms with Gasteiger partial charge in [0.2, 0.25) is 0 Å². The van der Waals surface area contributed by atoms with Gasteiger partial charge in [0.1, 0.15) is 11.9 Å². The van der Waals surface area contributed by atoms with E-state index in [2.05, 4.69) is 15.0 Å². The highest BCUT2D eigenvalue weighted by atomic mass is 16.6. The lowest BCUT2D eigenvalue weighted by molar-refractivity contribution is 0.0520. The Morgan fingerprint density at radius 2 is 2.12 bits per heavy atom. The molecule has 0 fully saturated rings. The van der Waals surface area contributed by atoms with Crippen molar-refractivity contribution in [1.29, 1.82) is 0 Å². The fourth-order valence-corrected chi connectivity index (χ4v) is 1.12. The van der Waals surface area contributed by atoms with E-state index >= 15 is 0 Å². The van der Waals surface area contributed by atoms with Crippen LogP contribution in [0.5, 0.6) is 0 Å². The summed E-state index contributed by atoms with van der Waals surface area (Å²) < 4.78 is 9.63. The molecule has 6 nitrogen and oxygen atoms in total. The zero-order valence-electron chi connectivity index (χ0n) is 10.4. The summed E-state index contributed by atoms with van der Waals surface area (Å²) in [7, 11) is 0. The van der Waals surface area contributed by atoms with E-state index in [0.717, 1.165) is 0 Å². The van der Waals surface area contributed by atoms with Gasteiger partial charge in [-0.3, -0.25) is 4.79 Å². The van der Waals surface area contributed by atoms with E-state index in [-0.39, 0.29) is 12.3 Å². The first-order valence-electron chi connectivity index (χ1n) is 5.20. The predicted octanol–water partition coefficient (Wildman–Crippen LogP) is 1.69. The molecule has 1 aromatic heterocycles. The van der Waals surface area contributed by atoms with Crippen LogP contribution in [-0.2, 0) is 4.74 Å². The van der Waals surface area contributed by atoms with Gasteiger partial charge in [-0.25, -0.2) is 4.79 Å². The standard InChI is InChI=1S/C11H16N2O4/c1-7-8(6-16-13-7)9(14)5-12-10(15)17-11(2,3)4/h6H,5H2,1-4H3,(H,12,15). The van der Waals surface area contributed by atoms with E-state index in [1.807, 2.05) is 0 Å². The minimum absolute atomic E-state index is 0.142. The second kappa shape index (κ2) is 4.99. The van der Waals surface area contributed by atoms with Crippen molar-refractivity contribution in [2.45, 2.75) is 33.3 Å². The number of nitrogens with zero attached hydrogens (tertiary/aromatic N) is 1. The van der Waals surface area contributed by atoms with Crippen molar-refractivity contribution < 1.29 is 18.8 Å². The highest BCUT2D eigenvalue weighted by Gasteiger charge is 2.18. The lowest BCUT2D eigenvalue weighted by atomic mass is 10.2. The average molecular weight is 240 g/mol. The largest absolute Gasteiger partial charge is 0.444 e. The van der Waals surface area contributed by atoms with E-state index in [4.69, 9.17) is 4.74 Å². The number of carbonyl (C=O) groups is 2. The highest BCUT2D eigenvalue weighted by Crippen LogP contribution is 2.07. The van der Waals surface area contributed by atoms with Gasteiger partial charge in [-0.15, -0.1) is 0 Å². The molecule has 0 aromatic carbocycles. The van der Waals surface area contributed by atoms with Crippen LogP contribution in [0.2, 0.25) is 0 Å². The Labute approximate surface area is 99.3 Å². The summed E-state index contributed by atoms with van der Waals surface area (Å²) in [6.45, 7) is 6.76. The molecule has 1 aromatic rings. The fraction of sp³-hybridized carbons (Fsp3) is 0.545. The van der Waals surface area contributed by atoms with Gasteiger partial charge >= 0.3 is 6.09 Å². The smallest absolute Gasteiger partial charge is 0.408 e. The third-order valence-electron chi connectivity index (χ3n) is 1.84.